The maximum absolute atomic E-state index is 5.73. The van der Waals surface area contributed by atoms with E-state index in [4.69, 9.17) is 16.3 Å². The van der Waals surface area contributed by atoms with E-state index in [1.54, 1.807) is 13.3 Å². The van der Waals surface area contributed by atoms with Crippen LogP contribution in [-0.2, 0) is 0 Å². The van der Waals surface area contributed by atoms with Crippen LogP contribution in [0, 0.1) is 10.5 Å². The van der Waals surface area contributed by atoms with Crippen LogP contribution < -0.4 is 10.2 Å². The van der Waals surface area contributed by atoms with Crippen molar-refractivity contribution in [1.82, 2.24) is 5.43 Å². The smallest absolute Gasteiger partial charge is 0.122 e. The Labute approximate surface area is 132 Å². The second-order valence-electron chi connectivity index (χ2n) is 3.76. The number of hydrogen-bond donors (Lipinski definition) is 1. The molecule has 6 heteroatoms. The molecule has 4 nitrogen and oxygen atoms in total. The number of nitrogens with one attached hydrogen (secondary N) is 1. The molecular formula is C13H17ClIN3O. The van der Waals surface area contributed by atoms with Crippen LogP contribution in [0.25, 0.3) is 0 Å². The molecule has 0 aliphatic heterocycles. The molecule has 0 radical (unpaired) electrons. The minimum atomic E-state index is 0.377. The van der Waals surface area contributed by atoms with Gasteiger partial charge in [0.05, 0.1) is 12.5 Å². The number of rotatable bonds is 6. The van der Waals surface area contributed by atoms with Crippen molar-refractivity contribution in [3.63, 3.8) is 0 Å². The van der Waals surface area contributed by atoms with Crippen LogP contribution in [-0.4, -0.2) is 31.6 Å². The lowest BCUT2D eigenvalue weighted by molar-refractivity contribution is 0.325. The second-order valence-corrected chi connectivity index (χ2v) is 5.31. The van der Waals surface area contributed by atoms with E-state index in [0.717, 1.165) is 17.1 Å². The summed E-state index contributed by atoms with van der Waals surface area (Å²) >= 11 is 7.77. The van der Waals surface area contributed by atoms with E-state index in [9.17, 15) is 0 Å². The summed E-state index contributed by atoms with van der Waals surface area (Å²) in [4.78, 5) is 4.10. The summed E-state index contributed by atoms with van der Waals surface area (Å²) in [5, 5.41) is 3.92. The molecule has 0 spiro atoms. The highest BCUT2D eigenvalue weighted by Crippen LogP contribution is 2.20. The first-order valence-corrected chi connectivity index (χ1v) is 7.46. The summed E-state index contributed by atoms with van der Waals surface area (Å²) in [6.45, 7) is 2.59. The molecule has 1 rings (SSSR count). The Kier molecular flexibility index (Phi) is 7.81. The molecule has 1 aromatic carbocycles. The van der Waals surface area contributed by atoms with Crippen LogP contribution in [0.5, 0.6) is 5.75 Å². The zero-order valence-corrected chi connectivity index (χ0v) is 13.9. The third kappa shape index (κ3) is 6.24. The van der Waals surface area contributed by atoms with Crippen molar-refractivity contribution in [3.05, 3.63) is 27.3 Å². The fourth-order valence-corrected chi connectivity index (χ4v) is 2.12. The lowest BCUT2D eigenvalue weighted by Crippen LogP contribution is -2.20. The lowest BCUT2D eigenvalue weighted by Gasteiger charge is -2.10. The summed E-state index contributed by atoms with van der Waals surface area (Å²) in [6, 6.07) is 6.10. The van der Waals surface area contributed by atoms with Crippen molar-refractivity contribution in [1.29, 1.82) is 0 Å². The van der Waals surface area contributed by atoms with E-state index >= 15 is 0 Å². The molecule has 0 saturated heterocycles. The van der Waals surface area contributed by atoms with Gasteiger partial charge in [-0.2, -0.15) is 5.10 Å². The minimum absolute atomic E-state index is 0.377. The van der Waals surface area contributed by atoms with Gasteiger partial charge in [0.2, 0.25) is 0 Å². The predicted octanol–water partition coefficient (Wildman–Crippen LogP) is 3.21. The monoisotopic (exact) mass is 393 g/mol. The standard InChI is InChI=1S/C13H17ClIN3O/c1-10-9-11(15)3-4-12(10)19-8-5-13(16-2)18-17-7-6-14/h3-4,7,9H,5-6,8H2,1-2H3,(H,16,18)/b17-7-. The first-order chi connectivity index (χ1) is 9.17. The molecule has 0 fully saturated rings. The van der Waals surface area contributed by atoms with Crippen molar-refractivity contribution < 1.29 is 4.74 Å². The molecule has 1 N–H and O–H groups in total. The van der Waals surface area contributed by atoms with Crippen LogP contribution in [0.15, 0.2) is 28.3 Å². The highest BCUT2D eigenvalue weighted by molar-refractivity contribution is 14.1. The van der Waals surface area contributed by atoms with E-state index in [1.807, 2.05) is 19.1 Å². The molecule has 0 unspecified atom stereocenters. The number of halogens is 2. The summed E-state index contributed by atoms with van der Waals surface area (Å²) in [6.07, 6.45) is 2.25. The number of aryl methyl sites for hydroxylation is 1. The Morgan fingerprint density at radius 2 is 2.32 bits per heavy atom. The number of nitrogens with zero attached hydrogens (tertiary/aromatic N) is 2. The first-order valence-electron chi connectivity index (χ1n) is 5.85. The van der Waals surface area contributed by atoms with Crippen LogP contribution >= 0.6 is 34.2 Å². The molecule has 0 aliphatic carbocycles. The molecule has 0 aliphatic rings. The number of ether oxygens (including phenoxy) is 1. The number of amidine groups is 1. The summed E-state index contributed by atoms with van der Waals surface area (Å²) in [5.74, 6) is 2.05. The predicted molar refractivity (Wildman–Crippen MR) is 89.7 cm³/mol. The SMILES string of the molecule is CN=C(CCOc1ccc(I)cc1C)N/N=C\CCl. The van der Waals surface area contributed by atoms with Crippen molar-refractivity contribution >= 4 is 46.2 Å². The average molecular weight is 394 g/mol. The van der Waals surface area contributed by atoms with Crippen molar-refractivity contribution in [2.45, 2.75) is 13.3 Å². The van der Waals surface area contributed by atoms with Gasteiger partial charge in [0, 0.05) is 23.3 Å². The van der Waals surface area contributed by atoms with Crippen LogP contribution in [0.4, 0.5) is 0 Å². The fraction of sp³-hybridized carbons (Fsp3) is 0.385. The maximum Gasteiger partial charge on any atom is 0.122 e. The molecule has 0 aromatic heterocycles. The fourth-order valence-electron chi connectivity index (χ4n) is 1.40. The molecular weight excluding hydrogens is 377 g/mol. The number of aliphatic imine (C=N–C) groups is 1. The van der Waals surface area contributed by atoms with Crippen molar-refractivity contribution in [2.75, 3.05) is 19.5 Å². The first kappa shape index (κ1) is 16.2. The summed E-state index contributed by atoms with van der Waals surface area (Å²) in [7, 11) is 1.72. The second kappa shape index (κ2) is 9.14. The van der Waals surface area contributed by atoms with E-state index in [1.165, 1.54) is 3.57 Å². The van der Waals surface area contributed by atoms with E-state index in [-0.39, 0.29) is 0 Å². The Morgan fingerprint density at radius 3 is 2.95 bits per heavy atom. The molecule has 0 atom stereocenters. The van der Waals surface area contributed by atoms with Gasteiger partial charge in [-0.25, -0.2) is 0 Å². The van der Waals surface area contributed by atoms with Crippen LogP contribution in [0.1, 0.15) is 12.0 Å². The largest absolute Gasteiger partial charge is 0.493 e. The molecule has 0 bridgehead atoms. The zero-order chi connectivity index (χ0) is 14.1. The van der Waals surface area contributed by atoms with E-state index in [0.29, 0.717) is 18.9 Å². The van der Waals surface area contributed by atoms with Gasteiger partial charge < -0.3 is 4.74 Å². The number of alkyl halides is 1. The molecule has 0 saturated carbocycles. The normalized spacial score (nSPS) is 11.9. The highest BCUT2D eigenvalue weighted by Gasteiger charge is 2.02. The van der Waals surface area contributed by atoms with Gasteiger partial charge in [0.15, 0.2) is 0 Å². The Balaban J connectivity index is 2.42. The Morgan fingerprint density at radius 1 is 1.53 bits per heavy atom. The van der Waals surface area contributed by atoms with Gasteiger partial charge in [-0.15, -0.1) is 11.6 Å². The molecule has 0 amide bonds. The van der Waals surface area contributed by atoms with Gasteiger partial charge in [-0.1, -0.05) is 0 Å². The molecule has 0 heterocycles. The van der Waals surface area contributed by atoms with Crippen LogP contribution in [0.2, 0.25) is 0 Å². The van der Waals surface area contributed by atoms with E-state index < -0.39 is 0 Å². The summed E-state index contributed by atoms with van der Waals surface area (Å²) < 4.78 is 6.93. The van der Waals surface area contributed by atoms with Crippen LogP contribution in [0.3, 0.4) is 0 Å². The quantitative estimate of drug-likeness (QED) is 0.265. The third-order valence-corrected chi connectivity index (χ3v) is 3.17. The molecule has 19 heavy (non-hydrogen) atoms. The topological polar surface area (TPSA) is 46.0 Å². The Hall–Kier alpha value is -0.820. The summed E-state index contributed by atoms with van der Waals surface area (Å²) in [5.41, 5.74) is 3.97. The van der Waals surface area contributed by atoms with E-state index in [2.05, 4.69) is 44.2 Å². The number of hydrogen-bond acceptors (Lipinski definition) is 3. The minimum Gasteiger partial charge on any atom is -0.493 e. The average Bonchev–Trinajstić information content (AvgIpc) is 2.39. The van der Waals surface area contributed by atoms with Gasteiger partial charge in [0.1, 0.15) is 11.6 Å². The number of hydrazone groups is 1. The lowest BCUT2D eigenvalue weighted by atomic mass is 10.2. The highest BCUT2D eigenvalue weighted by atomic mass is 127. The van der Waals surface area contributed by atoms with Gasteiger partial charge in [-0.3, -0.25) is 10.4 Å². The molecule has 1 aromatic rings. The zero-order valence-electron chi connectivity index (χ0n) is 11.0. The van der Waals surface area contributed by atoms with Gasteiger partial charge in [-0.05, 0) is 53.3 Å². The van der Waals surface area contributed by atoms with Gasteiger partial charge >= 0.3 is 0 Å². The third-order valence-electron chi connectivity index (χ3n) is 2.36. The Bertz CT molecular complexity index is 463. The van der Waals surface area contributed by atoms with Crippen molar-refractivity contribution in [2.24, 2.45) is 10.1 Å². The van der Waals surface area contributed by atoms with Crippen molar-refractivity contribution in [3.8, 4) is 5.75 Å². The molecule has 104 valence electrons. The van der Waals surface area contributed by atoms with Gasteiger partial charge in [0.25, 0.3) is 0 Å². The maximum atomic E-state index is 5.73. The number of benzene rings is 1.